The minimum atomic E-state index is -0.557. The fourth-order valence-electron chi connectivity index (χ4n) is 1.79. The number of benzene rings is 1. The van der Waals surface area contributed by atoms with Crippen LogP contribution in [0.4, 0.5) is 0 Å². The van der Waals surface area contributed by atoms with E-state index in [9.17, 15) is 9.90 Å². The van der Waals surface area contributed by atoms with Crippen LogP contribution >= 0.6 is 0 Å². The number of rotatable bonds is 3. The Morgan fingerprint density at radius 2 is 2.06 bits per heavy atom. The number of phenolic OH excluding ortho intramolecular Hbond substituents is 1. The number of esters is 1. The maximum atomic E-state index is 11.4. The van der Waals surface area contributed by atoms with Gasteiger partial charge in [0.05, 0.1) is 14.2 Å². The minimum Gasteiger partial charge on any atom is -0.504 e. The van der Waals surface area contributed by atoms with Gasteiger partial charge in [0.1, 0.15) is 5.56 Å². The molecule has 4 heteroatoms. The van der Waals surface area contributed by atoms with Gasteiger partial charge in [-0.25, -0.2) is 4.79 Å². The van der Waals surface area contributed by atoms with Crippen molar-refractivity contribution in [1.82, 2.24) is 0 Å². The number of aromatic hydroxyl groups is 1. The van der Waals surface area contributed by atoms with E-state index in [1.165, 1.54) is 14.2 Å². The van der Waals surface area contributed by atoms with Gasteiger partial charge in [-0.3, -0.25) is 0 Å². The quantitative estimate of drug-likeness (QED) is 0.795. The van der Waals surface area contributed by atoms with Crippen molar-refractivity contribution in [3.8, 4) is 11.5 Å². The molecule has 4 nitrogen and oxygen atoms in total. The summed E-state index contributed by atoms with van der Waals surface area (Å²) in [5.41, 5.74) is 1.11. The van der Waals surface area contributed by atoms with E-state index in [1.54, 1.807) is 6.07 Å². The van der Waals surface area contributed by atoms with Crippen molar-refractivity contribution in [3.63, 3.8) is 0 Å². The fourth-order valence-corrected chi connectivity index (χ4v) is 1.79. The predicted octanol–water partition coefficient (Wildman–Crippen LogP) is 2.06. The van der Waals surface area contributed by atoms with E-state index in [-0.39, 0.29) is 11.3 Å². The summed E-state index contributed by atoms with van der Waals surface area (Å²) >= 11 is 0. The van der Waals surface area contributed by atoms with Crippen LogP contribution in [-0.4, -0.2) is 25.3 Å². The molecule has 0 aliphatic heterocycles. The first-order valence-corrected chi connectivity index (χ1v) is 5.17. The van der Waals surface area contributed by atoms with Crippen molar-refractivity contribution >= 4 is 5.97 Å². The monoisotopic (exact) mass is 222 g/mol. The summed E-state index contributed by atoms with van der Waals surface area (Å²) in [5.74, 6) is 0.162. The number of hydrogen-bond acceptors (Lipinski definition) is 4. The lowest BCUT2D eigenvalue weighted by molar-refractivity contribution is 0.0596. The Kier molecular flexibility index (Phi) is 2.73. The Balaban J connectivity index is 2.47. The van der Waals surface area contributed by atoms with Gasteiger partial charge in [-0.2, -0.15) is 0 Å². The summed E-state index contributed by atoms with van der Waals surface area (Å²) in [4.78, 5) is 11.4. The Morgan fingerprint density at radius 3 is 2.56 bits per heavy atom. The second-order valence-electron chi connectivity index (χ2n) is 3.85. The van der Waals surface area contributed by atoms with Crippen LogP contribution in [0, 0.1) is 0 Å². The Morgan fingerprint density at radius 1 is 1.38 bits per heavy atom. The first-order chi connectivity index (χ1) is 7.69. The molecular formula is C12H14O4. The lowest BCUT2D eigenvalue weighted by Crippen LogP contribution is -2.03. The number of carbonyl (C=O) groups is 1. The summed E-state index contributed by atoms with van der Waals surface area (Å²) in [7, 11) is 2.77. The SMILES string of the molecule is COC(=O)c1ccc(C2CC2)c(OC)c1O. The fraction of sp³-hybridized carbons (Fsp3) is 0.417. The summed E-state index contributed by atoms with van der Waals surface area (Å²) in [6.07, 6.45) is 2.21. The molecular weight excluding hydrogens is 208 g/mol. The maximum Gasteiger partial charge on any atom is 0.341 e. The van der Waals surface area contributed by atoms with Crippen molar-refractivity contribution in [1.29, 1.82) is 0 Å². The topological polar surface area (TPSA) is 55.8 Å². The van der Waals surface area contributed by atoms with Gasteiger partial charge < -0.3 is 14.6 Å². The van der Waals surface area contributed by atoms with E-state index in [0.717, 1.165) is 18.4 Å². The van der Waals surface area contributed by atoms with E-state index in [0.29, 0.717) is 11.7 Å². The van der Waals surface area contributed by atoms with Gasteiger partial charge in [-0.05, 0) is 24.8 Å². The van der Waals surface area contributed by atoms with Crippen molar-refractivity contribution in [2.24, 2.45) is 0 Å². The molecule has 0 aromatic heterocycles. The van der Waals surface area contributed by atoms with E-state index in [4.69, 9.17) is 4.74 Å². The molecule has 0 saturated heterocycles. The van der Waals surface area contributed by atoms with Crippen LogP contribution in [0.25, 0.3) is 0 Å². The summed E-state index contributed by atoms with van der Waals surface area (Å²) in [6.45, 7) is 0. The molecule has 1 fully saturated rings. The van der Waals surface area contributed by atoms with Gasteiger partial charge in [-0.1, -0.05) is 6.07 Å². The van der Waals surface area contributed by atoms with E-state index >= 15 is 0 Å². The molecule has 1 aliphatic rings. The highest BCUT2D eigenvalue weighted by atomic mass is 16.5. The first-order valence-electron chi connectivity index (χ1n) is 5.17. The van der Waals surface area contributed by atoms with Crippen molar-refractivity contribution in [2.75, 3.05) is 14.2 Å². The molecule has 0 atom stereocenters. The molecule has 16 heavy (non-hydrogen) atoms. The highest BCUT2D eigenvalue weighted by Crippen LogP contribution is 2.48. The number of carbonyl (C=O) groups excluding carboxylic acids is 1. The average Bonchev–Trinajstić information content (AvgIpc) is 3.11. The molecule has 86 valence electrons. The Hall–Kier alpha value is -1.71. The molecule has 0 bridgehead atoms. The molecule has 0 heterocycles. The van der Waals surface area contributed by atoms with E-state index in [2.05, 4.69) is 4.74 Å². The van der Waals surface area contributed by atoms with Crippen LogP contribution in [0.15, 0.2) is 12.1 Å². The zero-order valence-corrected chi connectivity index (χ0v) is 9.32. The van der Waals surface area contributed by atoms with Crippen LogP contribution in [0.1, 0.15) is 34.7 Å². The normalized spacial score (nSPS) is 14.6. The number of ether oxygens (including phenoxy) is 2. The number of hydrogen-bond donors (Lipinski definition) is 1. The third kappa shape index (κ3) is 1.71. The highest BCUT2D eigenvalue weighted by molar-refractivity contribution is 5.93. The van der Waals surface area contributed by atoms with Gasteiger partial charge in [0.15, 0.2) is 11.5 Å². The summed E-state index contributed by atoms with van der Waals surface area (Å²) < 4.78 is 9.73. The second-order valence-corrected chi connectivity index (χ2v) is 3.85. The van der Waals surface area contributed by atoms with Crippen LogP contribution in [0.3, 0.4) is 0 Å². The first kappa shape index (κ1) is 10.8. The molecule has 1 N–H and O–H groups in total. The van der Waals surface area contributed by atoms with Crippen molar-refractivity contribution in [2.45, 2.75) is 18.8 Å². The van der Waals surface area contributed by atoms with Crippen LogP contribution in [0.5, 0.6) is 11.5 Å². The average molecular weight is 222 g/mol. The molecule has 2 rings (SSSR count). The lowest BCUT2D eigenvalue weighted by Gasteiger charge is -2.12. The van der Waals surface area contributed by atoms with Gasteiger partial charge in [0.2, 0.25) is 0 Å². The van der Waals surface area contributed by atoms with Crippen molar-refractivity contribution < 1.29 is 19.4 Å². The Labute approximate surface area is 93.8 Å². The largest absolute Gasteiger partial charge is 0.504 e. The standard InChI is InChI=1S/C12H14O4/c1-15-11-8(7-3-4-7)5-6-9(10(11)13)12(14)16-2/h5-7,13H,3-4H2,1-2H3. The second kappa shape index (κ2) is 4.04. The van der Waals surface area contributed by atoms with Crippen LogP contribution in [0.2, 0.25) is 0 Å². The molecule has 0 spiro atoms. The van der Waals surface area contributed by atoms with Gasteiger partial charge >= 0.3 is 5.97 Å². The van der Waals surface area contributed by atoms with Crippen molar-refractivity contribution in [3.05, 3.63) is 23.3 Å². The van der Waals surface area contributed by atoms with E-state index < -0.39 is 5.97 Å². The summed E-state index contributed by atoms with van der Waals surface area (Å²) in [5, 5.41) is 9.92. The minimum absolute atomic E-state index is 0.126. The molecule has 1 saturated carbocycles. The van der Waals surface area contributed by atoms with Gasteiger partial charge in [0.25, 0.3) is 0 Å². The van der Waals surface area contributed by atoms with Gasteiger partial charge in [0, 0.05) is 5.56 Å². The molecule has 1 aliphatic carbocycles. The lowest BCUT2D eigenvalue weighted by atomic mass is 10.0. The van der Waals surface area contributed by atoms with Crippen LogP contribution in [-0.2, 0) is 4.74 Å². The van der Waals surface area contributed by atoms with E-state index in [1.807, 2.05) is 6.07 Å². The predicted molar refractivity (Wildman–Crippen MR) is 58.0 cm³/mol. The van der Waals surface area contributed by atoms with Crippen LogP contribution < -0.4 is 4.74 Å². The number of methoxy groups -OCH3 is 2. The molecule has 1 aromatic carbocycles. The smallest absolute Gasteiger partial charge is 0.341 e. The molecule has 0 unspecified atom stereocenters. The third-order valence-corrected chi connectivity index (χ3v) is 2.79. The third-order valence-electron chi connectivity index (χ3n) is 2.79. The van der Waals surface area contributed by atoms with Gasteiger partial charge in [-0.15, -0.1) is 0 Å². The zero-order chi connectivity index (χ0) is 11.7. The number of phenols is 1. The summed E-state index contributed by atoms with van der Waals surface area (Å²) in [6, 6.07) is 3.40. The Bertz CT molecular complexity index is 421. The molecule has 0 amide bonds. The zero-order valence-electron chi connectivity index (χ0n) is 9.32. The maximum absolute atomic E-state index is 11.4. The molecule has 1 aromatic rings. The highest BCUT2D eigenvalue weighted by Gasteiger charge is 2.29. The molecule has 0 radical (unpaired) electrons.